The van der Waals surface area contributed by atoms with Crippen LogP contribution < -0.4 is 4.13 Å². The molecule has 1 N–H and O–H groups in total. The summed E-state index contributed by atoms with van der Waals surface area (Å²) in [7, 11) is 0. The highest BCUT2D eigenvalue weighted by atomic mass is 32.3. The lowest BCUT2D eigenvalue weighted by molar-refractivity contribution is 0.585. The van der Waals surface area contributed by atoms with Gasteiger partial charge in [-0.05, 0) is 47.5 Å². The second-order valence-corrected chi connectivity index (χ2v) is 6.79. The summed E-state index contributed by atoms with van der Waals surface area (Å²) in [6.07, 6.45) is 3.06. The summed E-state index contributed by atoms with van der Waals surface area (Å²) >= 11 is -3.31. The van der Waals surface area contributed by atoms with Crippen molar-refractivity contribution >= 4 is 34.9 Å². The molecule has 0 radical (unpaired) electrons. The zero-order valence-electron chi connectivity index (χ0n) is 11.8. The molecule has 3 nitrogen and oxygen atoms in total. The maximum absolute atomic E-state index is 12.7. The Morgan fingerprint density at radius 2 is 1.04 bits per heavy atom. The van der Waals surface area contributed by atoms with Crippen LogP contribution in [0.25, 0.3) is 12.2 Å². The molecule has 0 aliphatic heterocycles. The summed E-state index contributed by atoms with van der Waals surface area (Å²) in [5.74, 6) is -0.707. The highest BCUT2D eigenvalue weighted by molar-refractivity contribution is 8.07. The molecule has 0 saturated heterocycles. The largest absolute Gasteiger partial charge is 0.590 e. The quantitative estimate of drug-likeness (QED) is 0.809. The van der Waals surface area contributed by atoms with Gasteiger partial charge in [-0.25, -0.2) is 8.78 Å². The second kappa shape index (κ2) is 8.85. The molecule has 23 heavy (non-hydrogen) atoms. The van der Waals surface area contributed by atoms with Crippen molar-refractivity contribution < 1.29 is 17.9 Å². The van der Waals surface area contributed by atoms with Crippen molar-refractivity contribution in [2.45, 2.75) is 0 Å². The smallest absolute Gasteiger partial charge is 0.143 e. The average molecular weight is 353 g/mol. The van der Waals surface area contributed by atoms with Crippen LogP contribution in [0.5, 0.6) is 0 Å². The SMILES string of the molecule is [O-][S+](C=Cc1ccc(F)cc1)N[S+]([O-])C=Cc1ccc(F)cc1. The fourth-order valence-electron chi connectivity index (χ4n) is 1.57. The maximum Gasteiger partial charge on any atom is 0.143 e. The molecule has 120 valence electrons. The van der Waals surface area contributed by atoms with Crippen molar-refractivity contribution in [1.82, 2.24) is 4.13 Å². The first-order chi connectivity index (χ1) is 11.0. The van der Waals surface area contributed by atoms with Gasteiger partial charge in [0.05, 0.1) is 0 Å². The first kappa shape index (κ1) is 17.7. The third-order valence-electron chi connectivity index (χ3n) is 2.67. The van der Waals surface area contributed by atoms with Crippen LogP contribution in [0.15, 0.2) is 59.3 Å². The van der Waals surface area contributed by atoms with Gasteiger partial charge in [0.2, 0.25) is 0 Å². The standard InChI is InChI=1S/C16H13F2NO2S2/c17-15-5-1-13(2-6-15)9-11-22(20)19-23(21)12-10-14-3-7-16(18)8-4-14/h1-12,19H. The Morgan fingerprint density at radius 3 is 1.39 bits per heavy atom. The van der Waals surface area contributed by atoms with Crippen molar-refractivity contribution in [1.29, 1.82) is 0 Å². The molecule has 0 amide bonds. The summed E-state index contributed by atoms with van der Waals surface area (Å²) in [6.45, 7) is 0. The Balaban J connectivity index is 1.85. The third kappa shape index (κ3) is 6.55. The Labute approximate surface area is 139 Å². The Hall–Kier alpha value is -1.64. The molecule has 0 saturated carbocycles. The summed E-state index contributed by atoms with van der Waals surface area (Å²) in [6, 6.07) is 11.3. The van der Waals surface area contributed by atoms with Gasteiger partial charge >= 0.3 is 0 Å². The number of rotatable bonds is 6. The lowest BCUT2D eigenvalue weighted by atomic mass is 10.2. The van der Waals surface area contributed by atoms with Crippen LogP contribution in [0.4, 0.5) is 8.78 Å². The second-order valence-electron chi connectivity index (χ2n) is 4.39. The van der Waals surface area contributed by atoms with Gasteiger partial charge in [-0.2, -0.15) is 0 Å². The predicted molar refractivity (Wildman–Crippen MR) is 90.3 cm³/mol. The summed E-state index contributed by atoms with van der Waals surface area (Å²) < 4.78 is 51.3. The predicted octanol–water partition coefficient (Wildman–Crippen LogP) is 3.52. The third-order valence-corrected chi connectivity index (χ3v) is 4.75. The molecule has 0 aromatic heterocycles. The van der Waals surface area contributed by atoms with Crippen LogP contribution in [-0.4, -0.2) is 9.11 Å². The van der Waals surface area contributed by atoms with Crippen molar-refractivity contribution in [3.8, 4) is 0 Å². The minimum atomic E-state index is -1.65. The Morgan fingerprint density at radius 1 is 0.696 bits per heavy atom. The summed E-state index contributed by atoms with van der Waals surface area (Å²) in [5.41, 5.74) is 1.35. The van der Waals surface area contributed by atoms with E-state index in [1.165, 1.54) is 71.5 Å². The lowest BCUT2D eigenvalue weighted by Crippen LogP contribution is -2.27. The molecule has 7 heteroatoms. The van der Waals surface area contributed by atoms with Gasteiger partial charge < -0.3 is 9.11 Å². The number of hydrogen-bond donors (Lipinski definition) is 1. The van der Waals surface area contributed by atoms with Crippen LogP contribution in [-0.2, 0) is 22.7 Å². The fraction of sp³-hybridized carbons (Fsp3) is 0. The fourth-order valence-corrected chi connectivity index (χ4v) is 3.22. The van der Waals surface area contributed by atoms with E-state index in [4.69, 9.17) is 0 Å². The highest BCUT2D eigenvalue weighted by Crippen LogP contribution is 2.08. The van der Waals surface area contributed by atoms with Crippen LogP contribution in [0.1, 0.15) is 11.1 Å². The van der Waals surface area contributed by atoms with Gasteiger partial charge in [0.25, 0.3) is 0 Å². The van der Waals surface area contributed by atoms with Crippen molar-refractivity contribution in [2.75, 3.05) is 0 Å². The highest BCUT2D eigenvalue weighted by Gasteiger charge is 2.11. The number of halogens is 2. The van der Waals surface area contributed by atoms with Crippen LogP contribution >= 0.6 is 0 Å². The zero-order chi connectivity index (χ0) is 16.7. The van der Waals surface area contributed by atoms with E-state index < -0.39 is 22.7 Å². The molecule has 0 heterocycles. The molecule has 2 rings (SSSR count). The van der Waals surface area contributed by atoms with Gasteiger partial charge in [0, 0.05) is 4.13 Å². The lowest BCUT2D eigenvalue weighted by Gasteiger charge is -2.06. The minimum Gasteiger partial charge on any atom is -0.590 e. The van der Waals surface area contributed by atoms with Gasteiger partial charge in [-0.15, -0.1) is 0 Å². The van der Waals surface area contributed by atoms with Gasteiger partial charge in [-0.1, -0.05) is 24.3 Å². The summed E-state index contributed by atoms with van der Waals surface area (Å²) in [4.78, 5) is 0. The maximum atomic E-state index is 12.7. The van der Waals surface area contributed by atoms with Crippen molar-refractivity contribution in [3.05, 3.63) is 82.1 Å². The van der Waals surface area contributed by atoms with Gasteiger partial charge in [0.15, 0.2) is 0 Å². The van der Waals surface area contributed by atoms with E-state index in [1.54, 1.807) is 0 Å². The zero-order valence-corrected chi connectivity index (χ0v) is 13.5. The van der Waals surface area contributed by atoms with E-state index in [2.05, 4.69) is 4.13 Å². The van der Waals surface area contributed by atoms with Gasteiger partial charge in [0.1, 0.15) is 45.2 Å². The molecule has 0 aliphatic rings. The molecular weight excluding hydrogens is 340 g/mol. The monoisotopic (exact) mass is 353 g/mol. The van der Waals surface area contributed by atoms with Crippen molar-refractivity contribution in [2.24, 2.45) is 0 Å². The molecular formula is C16H13F2NO2S2. The minimum absolute atomic E-state index is 0.353. The molecule has 2 aromatic rings. The molecule has 2 unspecified atom stereocenters. The first-order valence-corrected chi connectivity index (χ1v) is 8.90. The molecule has 0 spiro atoms. The molecule has 2 atom stereocenters. The van der Waals surface area contributed by atoms with E-state index in [0.717, 1.165) is 0 Å². The van der Waals surface area contributed by atoms with E-state index >= 15 is 0 Å². The molecule has 0 aliphatic carbocycles. The van der Waals surface area contributed by atoms with E-state index in [9.17, 15) is 17.9 Å². The summed E-state index contributed by atoms with van der Waals surface area (Å²) in [5, 5.41) is 2.63. The average Bonchev–Trinajstić information content (AvgIpc) is 2.54. The van der Waals surface area contributed by atoms with E-state index in [-0.39, 0.29) is 11.6 Å². The van der Waals surface area contributed by atoms with Crippen LogP contribution in [0.2, 0.25) is 0 Å². The van der Waals surface area contributed by atoms with E-state index in [1.807, 2.05) is 0 Å². The van der Waals surface area contributed by atoms with Crippen LogP contribution in [0, 0.1) is 11.6 Å². The van der Waals surface area contributed by atoms with E-state index in [0.29, 0.717) is 11.1 Å². The molecule has 0 fully saturated rings. The topological polar surface area (TPSA) is 58.1 Å². The Bertz CT molecular complexity index is 616. The molecule has 2 aromatic carbocycles. The first-order valence-electron chi connectivity index (χ1n) is 6.48. The Kier molecular flexibility index (Phi) is 6.82. The van der Waals surface area contributed by atoms with Gasteiger partial charge in [-0.3, -0.25) is 0 Å². The number of hydrogen-bond acceptors (Lipinski definition) is 3. The van der Waals surface area contributed by atoms with Crippen LogP contribution in [0.3, 0.4) is 0 Å². The van der Waals surface area contributed by atoms with Crippen molar-refractivity contribution in [3.63, 3.8) is 0 Å². The normalized spacial score (nSPS) is 14.4. The number of benzene rings is 2. The molecule has 0 bridgehead atoms. The number of nitrogens with one attached hydrogen (secondary N) is 1.